The molecule has 1 unspecified atom stereocenters. The molecule has 0 saturated carbocycles. The van der Waals surface area contributed by atoms with E-state index in [2.05, 4.69) is 10.0 Å². The van der Waals surface area contributed by atoms with Gasteiger partial charge in [-0.1, -0.05) is 12.1 Å². The average Bonchev–Trinajstić information content (AvgIpc) is 2.43. The smallest absolute Gasteiger partial charge is 0.240 e. The van der Waals surface area contributed by atoms with Crippen LogP contribution in [0.25, 0.3) is 0 Å². The molecule has 0 spiro atoms. The van der Waals surface area contributed by atoms with E-state index in [1.54, 1.807) is 23.9 Å². The van der Waals surface area contributed by atoms with Crippen LogP contribution in [0.2, 0.25) is 0 Å². The summed E-state index contributed by atoms with van der Waals surface area (Å²) < 4.78 is 27.1. The lowest BCUT2D eigenvalue weighted by Gasteiger charge is -2.14. The molecule has 0 bridgehead atoms. The van der Waals surface area contributed by atoms with Gasteiger partial charge in [-0.2, -0.15) is 11.8 Å². The molecule has 0 aliphatic rings. The highest BCUT2D eigenvalue weighted by molar-refractivity contribution is 7.98. The van der Waals surface area contributed by atoms with Crippen molar-refractivity contribution in [3.8, 4) is 0 Å². The summed E-state index contributed by atoms with van der Waals surface area (Å²) in [7, 11) is -1.50. The predicted molar refractivity (Wildman–Crippen MR) is 86.9 cm³/mol. The van der Waals surface area contributed by atoms with Crippen LogP contribution in [-0.4, -0.2) is 40.1 Å². The predicted octanol–water partition coefficient (Wildman–Crippen LogP) is 1.87. The number of hydrogen-bond acceptors (Lipinski definition) is 4. The summed E-state index contributed by atoms with van der Waals surface area (Å²) in [4.78, 5) is 0.335. The van der Waals surface area contributed by atoms with E-state index in [9.17, 15) is 8.42 Å². The molecule has 1 atom stereocenters. The number of nitrogens with one attached hydrogen (secondary N) is 2. The summed E-state index contributed by atoms with van der Waals surface area (Å²) in [6.07, 6.45) is 3.75. The first-order chi connectivity index (χ1) is 9.49. The van der Waals surface area contributed by atoms with Crippen molar-refractivity contribution in [2.75, 3.05) is 25.6 Å². The highest BCUT2D eigenvalue weighted by atomic mass is 32.2. The molecule has 0 saturated heterocycles. The highest BCUT2D eigenvalue weighted by Crippen LogP contribution is 2.12. The molecule has 1 rings (SSSR count). The Hall–Kier alpha value is -0.560. The first kappa shape index (κ1) is 17.5. The van der Waals surface area contributed by atoms with Gasteiger partial charge in [0.05, 0.1) is 4.90 Å². The Balaban J connectivity index is 2.67. The maximum atomic E-state index is 12.2. The first-order valence-corrected chi connectivity index (χ1v) is 9.62. The Kier molecular flexibility index (Phi) is 7.58. The molecule has 4 nitrogen and oxygen atoms in total. The summed E-state index contributed by atoms with van der Waals surface area (Å²) in [5, 5.41) is 3.07. The average molecular weight is 316 g/mol. The molecule has 0 heterocycles. The molecule has 1 aromatic carbocycles. The van der Waals surface area contributed by atoms with Gasteiger partial charge in [0.1, 0.15) is 0 Å². The fraction of sp³-hybridized carbons (Fsp3) is 0.571. The number of hydrogen-bond donors (Lipinski definition) is 2. The van der Waals surface area contributed by atoms with Gasteiger partial charge < -0.3 is 5.32 Å². The van der Waals surface area contributed by atoms with E-state index < -0.39 is 10.0 Å². The maximum Gasteiger partial charge on any atom is 0.240 e. The highest BCUT2D eigenvalue weighted by Gasteiger charge is 2.16. The molecule has 0 aliphatic carbocycles. The van der Waals surface area contributed by atoms with E-state index in [0.29, 0.717) is 4.90 Å². The molecular weight excluding hydrogens is 292 g/mol. The maximum absolute atomic E-state index is 12.2. The second-order valence-corrected chi connectivity index (χ2v) is 7.50. The zero-order valence-corrected chi connectivity index (χ0v) is 14.0. The SMILES string of the molecule is CNCCc1ccc(S(=O)(=O)NC(C)CCSC)cc1. The third-order valence-corrected chi connectivity index (χ3v) is 5.26. The topological polar surface area (TPSA) is 58.2 Å². The number of thioether (sulfide) groups is 1. The fourth-order valence-electron chi connectivity index (χ4n) is 1.79. The Morgan fingerprint density at radius 2 is 1.90 bits per heavy atom. The van der Waals surface area contributed by atoms with E-state index in [4.69, 9.17) is 0 Å². The van der Waals surface area contributed by atoms with Crippen molar-refractivity contribution in [3.05, 3.63) is 29.8 Å². The van der Waals surface area contributed by atoms with Crippen molar-refractivity contribution in [1.82, 2.24) is 10.0 Å². The van der Waals surface area contributed by atoms with E-state index in [1.165, 1.54) is 0 Å². The van der Waals surface area contributed by atoms with Gasteiger partial charge in [-0.15, -0.1) is 0 Å². The van der Waals surface area contributed by atoms with E-state index in [1.807, 2.05) is 32.4 Å². The van der Waals surface area contributed by atoms with E-state index in [0.717, 1.165) is 30.7 Å². The summed E-state index contributed by atoms with van der Waals surface area (Å²) in [5.41, 5.74) is 1.13. The quantitative estimate of drug-likeness (QED) is 0.730. The Morgan fingerprint density at radius 1 is 1.25 bits per heavy atom. The van der Waals surface area contributed by atoms with Crippen LogP contribution >= 0.6 is 11.8 Å². The lowest BCUT2D eigenvalue weighted by atomic mass is 10.1. The Labute approximate surface area is 126 Å². The third-order valence-electron chi connectivity index (χ3n) is 3.01. The molecule has 0 fully saturated rings. The van der Waals surface area contributed by atoms with Gasteiger partial charge in [-0.25, -0.2) is 13.1 Å². The van der Waals surface area contributed by atoms with Crippen molar-refractivity contribution in [3.63, 3.8) is 0 Å². The van der Waals surface area contributed by atoms with Crippen LogP contribution in [0, 0.1) is 0 Å². The van der Waals surface area contributed by atoms with Crippen LogP contribution < -0.4 is 10.0 Å². The van der Waals surface area contributed by atoms with Gasteiger partial charge in [0.25, 0.3) is 0 Å². The van der Waals surface area contributed by atoms with Gasteiger partial charge in [-0.3, -0.25) is 0 Å². The van der Waals surface area contributed by atoms with E-state index in [-0.39, 0.29) is 6.04 Å². The Bertz CT molecular complexity index is 486. The van der Waals surface area contributed by atoms with Crippen molar-refractivity contribution in [1.29, 1.82) is 0 Å². The van der Waals surface area contributed by atoms with Crippen LogP contribution in [0.1, 0.15) is 18.9 Å². The van der Waals surface area contributed by atoms with Crippen LogP contribution in [0.15, 0.2) is 29.2 Å². The second kappa shape index (κ2) is 8.67. The monoisotopic (exact) mass is 316 g/mol. The van der Waals surface area contributed by atoms with E-state index >= 15 is 0 Å². The number of likely N-dealkylation sites (N-methyl/N-ethyl adjacent to an activating group) is 1. The van der Waals surface area contributed by atoms with Crippen molar-refractivity contribution < 1.29 is 8.42 Å². The summed E-state index contributed by atoms with van der Waals surface area (Å²) in [5.74, 6) is 0.951. The van der Waals surface area contributed by atoms with Crippen LogP contribution in [0.4, 0.5) is 0 Å². The van der Waals surface area contributed by atoms with Crippen LogP contribution in [0.5, 0.6) is 0 Å². The first-order valence-electron chi connectivity index (χ1n) is 6.74. The molecule has 0 amide bonds. The molecular formula is C14H24N2O2S2. The van der Waals surface area contributed by atoms with Crippen molar-refractivity contribution in [2.24, 2.45) is 0 Å². The van der Waals surface area contributed by atoms with Gasteiger partial charge in [0.15, 0.2) is 0 Å². The lowest BCUT2D eigenvalue weighted by molar-refractivity contribution is 0.557. The molecule has 0 aromatic heterocycles. The van der Waals surface area contributed by atoms with Crippen LogP contribution in [0.3, 0.4) is 0 Å². The van der Waals surface area contributed by atoms with Crippen molar-refractivity contribution in [2.45, 2.75) is 30.7 Å². The molecule has 0 radical (unpaired) electrons. The minimum Gasteiger partial charge on any atom is -0.319 e. The van der Waals surface area contributed by atoms with Gasteiger partial charge in [0, 0.05) is 6.04 Å². The van der Waals surface area contributed by atoms with Crippen molar-refractivity contribution >= 4 is 21.8 Å². The minimum atomic E-state index is -3.40. The molecule has 1 aromatic rings. The molecule has 0 aliphatic heterocycles. The molecule has 20 heavy (non-hydrogen) atoms. The number of rotatable bonds is 9. The lowest BCUT2D eigenvalue weighted by Crippen LogP contribution is -2.33. The second-order valence-electron chi connectivity index (χ2n) is 4.80. The zero-order chi connectivity index (χ0) is 15.0. The largest absolute Gasteiger partial charge is 0.319 e. The summed E-state index contributed by atoms with van der Waals surface area (Å²) in [6, 6.07) is 7.05. The Morgan fingerprint density at radius 3 is 2.45 bits per heavy atom. The van der Waals surface area contributed by atoms with Gasteiger partial charge >= 0.3 is 0 Å². The molecule has 2 N–H and O–H groups in total. The summed E-state index contributed by atoms with van der Waals surface area (Å²) in [6.45, 7) is 2.78. The van der Waals surface area contributed by atoms with Gasteiger partial charge in [0.2, 0.25) is 10.0 Å². The summed E-state index contributed by atoms with van der Waals surface area (Å²) >= 11 is 1.72. The fourth-order valence-corrected chi connectivity index (χ4v) is 3.66. The number of benzene rings is 1. The molecule has 114 valence electrons. The minimum absolute atomic E-state index is 0.0450. The van der Waals surface area contributed by atoms with Crippen LogP contribution in [-0.2, 0) is 16.4 Å². The third kappa shape index (κ3) is 5.83. The molecule has 6 heteroatoms. The standard InChI is InChI=1S/C14H24N2O2S2/c1-12(9-11-19-3)16-20(17,18)14-6-4-13(5-7-14)8-10-15-2/h4-7,12,15-16H,8-11H2,1-3H3. The normalized spacial score (nSPS) is 13.3. The zero-order valence-electron chi connectivity index (χ0n) is 12.3. The number of sulfonamides is 1. The van der Waals surface area contributed by atoms with Gasteiger partial charge in [-0.05, 0) is 63.1 Å².